The van der Waals surface area contributed by atoms with Gasteiger partial charge in [0.05, 0.1) is 4.90 Å². The average molecular weight is 500 g/mol. The van der Waals surface area contributed by atoms with Crippen molar-refractivity contribution in [3.05, 3.63) is 59.7 Å². The van der Waals surface area contributed by atoms with Gasteiger partial charge in [-0.2, -0.15) is 4.31 Å². The largest absolute Gasteiger partial charge is 0.371 e. The van der Waals surface area contributed by atoms with Crippen LogP contribution in [0.15, 0.2) is 53.4 Å². The molecule has 0 aromatic heterocycles. The maximum absolute atomic E-state index is 12.6. The van der Waals surface area contributed by atoms with Gasteiger partial charge in [-0.3, -0.25) is 4.79 Å². The third kappa shape index (κ3) is 7.07. The highest BCUT2D eigenvalue weighted by Crippen LogP contribution is 2.26. The van der Waals surface area contributed by atoms with E-state index < -0.39 is 10.0 Å². The number of nitrogens with one attached hydrogen (secondary N) is 1. The smallest absolute Gasteiger partial charge is 0.243 e. The summed E-state index contributed by atoms with van der Waals surface area (Å²) >= 11 is 0. The number of hydrogen-bond acceptors (Lipinski definition) is 4. The summed E-state index contributed by atoms with van der Waals surface area (Å²) in [5, 5.41) is 3.19. The van der Waals surface area contributed by atoms with E-state index in [0.717, 1.165) is 31.5 Å². The molecule has 0 unspecified atom stereocenters. The second-order valence-corrected chi connectivity index (χ2v) is 12.3. The predicted molar refractivity (Wildman–Crippen MR) is 143 cm³/mol. The Morgan fingerprint density at radius 1 is 0.971 bits per heavy atom. The molecule has 1 aliphatic rings. The van der Waals surface area contributed by atoms with Crippen molar-refractivity contribution in [1.82, 2.24) is 9.62 Å². The SMILES string of the molecule is CCN(CC)S(=O)(=O)c1ccc(CCC(=O)NC2CCN(c3ccc(C(C)(C)C)cc3)CC2)cc1. The summed E-state index contributed by atoms with van der Waals surface area (Å²) in [6, 6.07) is 16.0. The molecule has 0 bridgehead atoms. The van der Waals surface area contributed by atoms with E-state index in [0.29, 0.717) is 30.8 Å². The number of carbonyl (C=O) groups is 1. The molecule has 1 aliphatic heterocycles. The number of sulfonamides is 1. The molecule has 2 aromatic carbocycles. The zero-order valence-corrected chi connectivity index (χ0v) is 22.7. The van der Waals surface area contributed by atoms with Gasteiger partial charge in [0.1, 0.15) is 0 Å². The van der Waals surface area contributed by atoms with E-state index in [1.54, 1.807) is 12.1 Å². The molecule has 0 spiro atoms. The Morgan fingerprint density at radius 3 is 2.06 bits per heavy atom. The van der Waals surface area contributed by atoms with Crippen molar-refractivity contribution < 1.29 is 13.2 Å². The minimum Gasteiger partial charge on any atom is -0.371 e. The quantitative estimate of drug-likeness (QED) is 0.541. The van der Waals surface area contributed by atoms with Crippen LogP contribution >= 0.6 is 0 Å². The lowest BCUT2D eigenvalue weighted by atomic mass is 9.87. The molecule has 0 aliphatic carbocycles. The van der Waals surface area contributed by atoms with Crippen molar-refractivity contribution in [2.75, 3.05) is 31.1 Å². The van der Waals surface area contributed by atoms with Crippen LogP contribution < -0.4 is 10.2 Å². The Morgan fingerprint density at radius 2 is 1.54 bits per heavy atom. The number of carbonyl (C=O) groups excluding carboxylic acids is 1. The third-order valence-corrected chi connectivity index (χ3v) is 8.93. The molecule has 1 saturated heterocycles. The van der Waals surface area contributed by atoms with Crippen molar-refractivity contribution >= 4 is 21.6 Å². The first-order chi connectivity index (χ1) is 16.5. The van der Waals surface area contributed by atoms with Crippen LogP contribution in [-0.2, 0) is 26.7 Å². The van der Waals surface area contributed by atoms with Gasteiger partial charge < -0.3 is 10.2 Å². The monoisotopic (exact) mass is 499 g/mol. The van der Waals surface area contributed by atoms with E-state index in [4.69, 9.17) is 0 Å². The summed E-state index contributed by atoms with van der Waals surface area (Å²) in [5.74, 6) is 0.0535. The highest BCUT2D eigenvalue weighted by molar-refractivity contribution is 7.89. The molecule has 192 valence electrons. The molecular weight excluding hydrogens is 458 g/mol. The Bertz CT molecular complexity index is 1060. The van der Waals surface area contributed by atoms with Gasteiger partial charge >= 0.3 is 0 Å². The summed E-state index contributed by atoms with van der Waals surface area (Å²) in [4.78, 5) is 15.2. The summed E-state index contributed by atoms with van der Waals surface area (Å²) in [5.41, 5.74) is 3.70. The van der Waals surface area contributed by atoms with Crippen LogP contribution in [0.4, 0.5) is 5.69 Å². The van der Waals surface area contributed by atoms with Crippen molar-refractivity contribution in [2.45, 2.75) is 76.7 Å². The summed E-state index contributed by atoms with van der Waals surface area (Å²) < 4.78 is 26.7. The molecule has 0 saturated carbocycles. The van der Waals surface area contributed by atoms with Gasteiger partial charge in [0.2, 0.25) is 15.9 Å². The van der Waals surface area contributed by atoms with Crippen molar-refractivity contribution in [3.63, 3.8) is 0 Å². The van der Waals surface area contributed by atoms with Gasteiger partial charge in [0.15, 0.2) is 0 Å². The number of piperidine rings is 1. The fraction of sp³-hybridized carbons (Fsp3) is 0.536. The van der Waals surface area contributed by atoms with Gasteiger partial charge in [0, 0.05) is 44.3 Å². The van der Waals surface area contributed by atoms with Gasteiger partial charge in [-0.1, -0.05) is 58.9 Å². The normalized spacial score (nSPS) is 15.4. The molecular formula is C28H41N3O3S. The summed E-state index contributed by atoms with van der Waals surface area (Å²) in [6.07, 6.45) is 2.86. The first-order valence-corrected chi connectivity index (χ1v) is 14.2. The maximum atomic E-state index is 12.6. The van der Waals surface area contributed by atoms with Crippen molar-refractivity contribution in [1.29, 1.82) is 0 Å². The molecule has 2 aromatic rings. The van der Waals surface area contributed by atoms with Gasteiger partial charge in [0.25, 0.3) is 0 Å². The van der Waals surface area contributed by atoms with Crippen LogP contribution in [0, 0.1) is 0 Å². The molecule has 35 heavy (non-hydrogen) atoms. The molecule has 1 heterocycles. The third-order valence-electron chi connectivity index (χ3n) is 6.87. The van der Waals surface area contributed by atoms with Crippen LogP contribution in [0.25, 0.3) is 0 Å². The number of amides is 1. The first-order valence-electron chi connectivity index (χ1n) is 12.8. The Labute approximate surface area is 211 Å². The minimum absolute atomic E-state index is 0.0535. The maximum Gasteiger partial charge on any atom is 0.243 e. The highest BCUT2D eigenvalue weighted by Gasteiger charge is 2.23. The lowest BCUT2D eigenvalue weighted by Gasteiger charge is -2.34. The van der Waals surface area contributed by atoms with Crippen LogP contribution in [0.1, 0.15) is 65.0 Å². The molecule has 1 N–H and O–H groups in total. The topological polar surface area (TPSA) is 69.7 Å². The Balaban J connectivity index is 1.45. The average Bonchev–Trinajstić information content (AvgIpc) is 2.84. The van der Waals surface area contributed by atoms with Gasteiger partial charge in [-0.25, -0.2) is 8.42 Å². The van der Waals surface area contributed by atoms with Crippen molar-refractivity contribution in [3.8, 4) is 0 Å². The van der Waals surface area contributed by atoms with Gasteiger partial charge in [-0.15, -0.1) is 0 Å². The molecule has 7 heteroatoms. The Hall–Kier alpha value is -2.38. The predicted octanol–water partition coefficient (Wildman–Crippen LogP) is 4.73. The second-order valence-electron chi connectivity index (χ2n) is 10.4. The summed E-state index contributed by atoms with van der Waals surface area (Å²) in [6.45, 7) is 13.1. The number of anilines is 1. The van der Waals surface area contributed by atoms with Crippen LogP contribution in [-0.4, -0.2) is 50.9 Å². The van der Waals surface area contributed by atoms with E-state index >= 15 is 0 Å². The van der Waals surface area contributed by atoms with Gasteiger partial charge in [-0.05, 0) is 60.1 Å². The lowest BCUT2D eigenvalue weighted by Crippen LogP contribution is -2.44. The lowest BCUT2D eigenvalue weighted by molar-refractivity contribution is -0.121. The molecule has 0 atom stereocenters. The zero-order valence-electron chi connectivity index (χ0n) is 21.9. The summed E-state index contributed by atoms with van der Waals surface area (Å²) in [7, 11) is -3.45. The molecule has 3 rings (SSSR count). The van der Waals surface area contributed by atoms with Crippen LogP contribution in [0.3, 0.4) is 0 Å². The second kappa shape index (κ2) is 11.6. The fourth-order valence-electron chi connectivity index (χ4n) is 4.55. The zero-order chi connectivity index (χ0) is 25.6. The number of hydrogen-bond donors (Lipinski definition) is 1. The number of rotatable bonds is 9. The standard InChI is InChI=1S/C28H41N3O3S/c1-6-31(7-2)35(33,34)26-15-8-22(9-16-26)10-17-27(32)29-24-18-20-30(21-19-24)25-13-11-23(12-14-25)28(3,4)5/h8-9,11-16,24H,6-7,10,17-21H2,1-5H3,(H,29,32). The minimum atomic E-state index is -3.45. The first kappa shape index (κ1) is 27.2. The molecule has 1 fully saturated rings. The van der Waals surface area contributed by atoms with E-state index in [9.17, 15) is 13.2 Å². The van der Waals surface area contributed by atoms with Crippen LogP contribution in [0.5, 0.6) is 0 Å². The van der Waals surface area contributed by atoms with Crippen LogP contribution in [0.2, 0.25) is 0 Å². The Kier molecular flexibility index (Phi) is 9.00. The highest BCUT2D eigenvalue weighted by atomic mass is 32.2. The number of aryl methyl sites for hydroxylation is 1. The molecule has 1 amide bonds. The number of benzene rings is 2. The van der Waals surface area contributed by atoms with E-state index in [1.165, 1.54) is 15.6 Å². The number of nitrogens with zero attached hydrogens (tertiary/aromatic N) is 2. The van der Waals surface area contributed by atoms with E-state index in [-0.39, 0.29) is 17.4 Å². The molecule has 6 nitrogen and oxygen atoms in total. The molecule has 0 radical (unpaired) electrons. The fourth-order valence-corrected chi connectivity index (χ4v) is 6.01. The van der Waals surface area contributed by atoms with Crippen molar-refractivity contribution in [2.24, 2.45) is 0 Å². The van der Waals surface area contributed by atoms with E-state index in [1.807, 2.05) is 26.0 Å². The van der Waals surface area contributed by atoms with E-state index in [2.05, 4.69) is 55.3 Å².